The lowest BCUT2D eigenvalue weighted by Crippen LogP contribution is -2.56. The summed E-state index contributed by atoms with van der Waals surface area (Å²) in [4.78, 5) is 22.7. The Morgan fingerprint density at radius 1 is 1.53 bits per heavy atom. The predicted molar refractivity (Wildman–Crippen MR) is 64.5 cm³/mol. The van der Waals surface area contributed by atoms with Gasteiger partial charge in [-0.3, -0.25) is 14.9 Å². The van der Waals surface area contributed by atoms with Crippen LogP contribution >= 0.6 is 0 Å². The van der Waals surface area contributed by atoms with E-state index < -0.39 is 17.8 Å². The molecule has 1 unspecified atom stereocenters. The van der Waals surface area contributed by atoms with Gasteiger partial charge in [-0.05, 0) is 18.2 Å². The zero-order chi connectivity index (χ0) is 13.8. The Balaban J connectivity index is 2.03. The zero-order valence-corrected chi connectivity index (χ0v) is 9.87. The topological polar surface area (TPSA) is 94.0 Å². The highest BCUT2D eigenvalue weighted by molar-refractivity contribution is 5.96. The maximum absolute atomic E-state index is 13.6. The molecule has 1 aliphatic heterocycles. The van der Waals surface area contributed by atoms with Gasteiger partial charge < -0.3 is 10.6 Å². The predicted octanol–water partition coefficient (Wildman–Crippen LogP) is -0.276. The molecule has 1 fully saturated rings. The second kappa shape index (κ2) is 5.46. The van der Waals surface area contributed by atoms with Crippen LogP contribution in [0.2, 0.25) is 0 Å². The van der Waals surface area contributed by atoms with Gasteiger partial charge in [0, 0.05) is 6.54 Å². The quantitative estimate of drug-likeness (QED) is 0.683. The van der Waals surface area contributed by atoms with Crippen LogP contribution in [-0.2, 0) is 9.59 Å². The number of hydrogen-bond donors (Lipinski definition) is 3. The van der Waals surface area contributed by atoms with E-state index in [2.05, 4.69) is 16.0 Å². The minimum Gasteiger partial charge on any atom is -0.353 e. The van der Waals surface area contributed by atoms with Gasteiger partial charge in [-0.15, -0.1) is 0 Å². The number of nitrogens with one attached hydrogen (secondary N) is 3. The number of hydrogen-bond acceptors (Lipinski definition) is 4. The SMILES string of the molecule is N#Cc1ccc(NC(=O)C2CNC(=O)CN2)c(F)c1. The average Bonchev–Trinajstić information content (AvgIpc) is 2.41. The Labute approximate surface area is 108 Å². The Morgan fingerprint density at radius 3 is 2.89 bits per heavy atom. The molecular weight excluding hydrogens is 251 g/mol. The Kier molecular flexibility index (Phi) is 3.73. The Morgan fingerprint density at radius 2 is 2.32 bits per heavy atom. The number of carbonyl (C=O) groups is 2. The summed E-state index contributed by atoms with van der Waals surface area (Å²) in [6.45, 7) is 0.205. The second-order valence-corrected chi connectivity index (χ2v) is 4.03. The molecule has 19 heavy (non-hydrogen) atoms. The van der Waals surface area contributed by atoms with Crippen molar-refractivity contribution in [3.8, 4) is 6.07 Å². The standard InChI is InChI=1S/C12H11FN4O2/c13-8-3-7(4-14)1-2-9(8)17-12(19)10-5-16-11(18)6-15-10/h1-3,10,15H,5-6H2,(H,16,18)(H,17,19). The molecule has 98 valence electrons. The molecule has 3 N–H and O–H groups in total. The molecule has 1 aliphatic rings. The third-order valence-corrected chi connectivity index (χ3v) is 2.68. The van der Waals surface area contributed by atoms with Crippen molar-refractivity contribution in [3.63, 3.8) is 0 Å². The highest BCUT2D eigenvalue weighted by Crippen LogP contribution is 2.15. The van der Waals surface area contributed by atoms with Crippen molar-refractivity contribution in [2.24, 2.45) is 0 Å². The average molecular weight is 262 g/mol. The molecule has 6 nitrogen and oxygen atoms in total. The molecule has 1 heterocycles. The maximum Gasteiger partial charge on any atom is 0.243 e. The molecule has 1 aromatic carbocycles. The molecule has 2 rings (SSSR count). The molecule has 1 aromatic rings. The fraction of sp³-hybridized carbons (Fsp3) is 0.250. The smallest absolute Gasteiger partial charge is 0.243 e. The summed E-state index contributed by atoms with van der Waals surface area (Å²) < 4.78 is 13.6. The first-order valence-corrected chi connectivity index (χ1v) is 5.61. The van der Waals surface area contributed by atoms with Crippen molar-refractivity contribution in [2.75, 3.05) is 18.4 Å². The van der Waals surface area contributed by atoms with Crippen molar-refractivity contribution in [1.29, 1.82) is 5.26 Å². The summed E-state index contributed by atoms with van der Waals surface area (Å²) >= 11 is 0. The summed E-state index contributed by atoms with van der Waals surface area (Å²) in [6.07, 6.45) is 0. The number of anilines is 1. The van der Waals surface area contributed by atoms with Crippen LogP contribution in [0.4, 0.5) is 10.1 Å². The van der Waals surface area contributed by atoms with Crippen LogP contribution in [0.15, 0.2) is 18.2 Å². The summed E-state index contributed by atoms with van der Waals surface area (Å²) in [5.41, 5.74) is 0.182. The third-order valence-electron chi connectivity index (χ3n) is 2.68. The van der Waals surface area contributed by atoms with Gasteiger partial charge in [0.2, 0.25) is 11.8 Å². The molecule has 0 spiro atoms. The van der Waals surface area contributed by atoms with Crippen LogP contribution < -0.4 is 16.0 Å². The van der Waals surface area contributed by atoms with Crippen LogP contribution in [0.25, 0.3) is 0 Å². The number of rotatable bonds is 2. The van der Waals surface area contributed by atoms with Gasteiger partial charge in [0.05, 0.1) is 23.9 Å². The monoisotopic (exact) mass is 262 g/mol. The molecule has 0 bridgehead atoms. The van der Waals surface area contributed by atoms with Gasteiger partial charge >= 0.3 is 0 Å². The van der Waals surface area contributed by atoms with E-state index in [1.807, 2.05) is 0 Å². The summed E-state index contributed by atoms with van der Waals surface area (Å²) in [5, 5.41) is 16.3. The van der Waals surface area contributed by atoms with E-state index in [4.69, 9.17) is 5.26 Å². The molecule has 0 radical (unpaired) electrons. The number of benzene rings is 1. The lowest BCUT2D eigenvalue weighted by Gasteiger charge is -2.23. The normalized spacial score (nSPS) is 18.3. The minimum atomic E-state index is -0.674. The highest BCUT2D eigenvalue weighted by Gasteiger charge is 2.24. The highest BCUT2D eigenvalue weighted by atomic mass is 19.1. The van der Waals surface area contributed by atoms with Crippen LogP contribution in [0.5, 0.6) is 0 Å². The Hall–Kier alpha value is -2.46. The number of carbonyl (C=O) groups excluding carboxylic acids is 2. The number of halogens is 1. The molecule has 0 aliphatic carbocycles. The molecular formula is C12H11FN4O2. The summed E-state index contributed by atoms with van der Waals surface area (Å²) in [7, 11) is 0. The van der Waals surface area contributed by atoms with E-state index in [0.717, 1.165) is 6.07 Å². The molecule has 2 amide bonds. The van der Waals surface area contributed by atoms with E-state index in [0.29, 0.717) is 0 Å². The summed E-state index contributed by atoms with van der Waals surface area (Å²) in [6, 6.07) is 4.99. The first kappa shape index (κ1) is 13.0. The van der Waals surface area contributed by atoms with E-state index in [-0.39, 0.29) is 30.2 Å². The number of piperazine rings is 1. The van der Waals surface area contributed by atoms with Crippen molar-refractivity contribution in [3.05, 3.63) is 29.6 Å². The largest absolute Gasteiger partial charge is 0.353 e. The van der Waals surface area contributed by atoms with Crippen molar-refractivity contribution >= 4 is 17.5 Å². The zero-order valence-electron chi connectivity index (χ0n) is 9.87. The van der Waals surface area contributed by atoms with Crippen LogP contribution in [0.1, 0.15) is 5.56 Å². The van der Waals surface area contributed by atoms with E-state index >= 15 is 0 Å². The maximum atomic E-state index is 13.6. The first-order valence-electron chi connectivity index (χ1n) is 5.61. The Bertz CT molecular complexity index is 557. The van der Waals surface area contributed by atoms with Gasteiger partial charge in [0.1, 0.15) is 11.9 Å². The van der Waals surface area contributed by atoms with Gasteiger partial charge in [0.15, 0.2) is 0 Å². The van der Waals surface area contributed by atoms with Crippen molar-refractivity contribution < 1.29 is 14.0 Å². The fourth-order valence-electron chi connectivity index (χ4n) is 1.66. The molecule has 7 heteroatoms. The summed E-state index contributed by atoms with van der Waals surface area (Å²) in [5.74, 6) is -1.30. The molecule has 1 saturated heterocycles. The number of amides is 2. The molecule has 1 atom stereocenters. The van der Waals surface area contributed by atoms with Crippen molar-refractivity contribution in [1.82, 2.24) is 10.6 Å². The van der Waals surface area contributed by atoms with Gasteiger partial charge in [-0.1, -0.05) is 0 Å². The lowest BCUT2D eigenvalue weighted by molar-refractivity contribution is -0.124. The van der Waals surface area contributed by atoms with Crippen LogP contribution in [0.3, 0.4) is 0 Å². The van der Waals surface area contributed by atoms with Crippen molar-refractivity contribution in [2.45, 2.75) is 6.04 Å². The minimum absolute atomic E-state index is 0.00250. The van der Waals surface area contributed by atoms with Crippen LogP contribution in [0, 0.1) is 17.1 Å². The van der Waals surface area contributed by atoms with E-state index in [9.17, 15) is 14.0 Å². The number of nitriles is 1. The first-order chi connectivity index (χ1) is 9.10. The van der Waals surface area contributed by atoms with E-state index in [1.165, 1.54) is 12.1 Å². The van der Waals surface area contributed by atoms with Crippen LogP contribution in [-0.4, -0.2) is 30.9 Å². The van der Waals surface area contributed by atoms with Gasteiger partial charge in [0.25, 0.3) is 0 Å². The fourth-order valence-corrected chi connectivity index (χ4v) is 1.66. The number of nitrogens with zero attached hydrogens (tertiary/aromatic N) is 1. The molecule has 0 saturated carbocycles. The van der Waals surface area contributed by atoms with E-state index in [1.54, 1.807) is 6.07 Å². The van der Waals surface area contributed by atoms with Gasteiger partial charge in [-0.2, -0.15) is 5.26 Å². The van der Waals surface area contributed by atoms with Gasteiger partial charge in [-0.25, -0.2) is 4.39 Å². The third kappa shape index (κ3) is 3.05. The lowest BCUT2D eigenvalue weighted by atomic mass is 10.2. The molecule has 0 aromatic heterocycles. The second-order valence-electron chi connectivity index (χ2n) is 4.03.